The highest BCUT2D eigenvalue weighted by Crippen LogP contribution is 2.38. The maximum Gasteiger partial charge on any atom is 0.116 e. The zero-order valence-electron chi connectivity index (χ0n) is 15.5. The van der Waals surface area contributed by atoms with Crippen LogP contribution in [0.4, 0.5) is 0 Å². The zero-order chi connectivity index (χ0) is 16.9. The molecule has 130 valence electrons. The van der Waals surface area contributed by atoms with Gasteiger partial charge in [0.05, 0.1) is 5.54 Å². The molecule has 2 fully saturated rings. The molecule has 0 aromatic heterocycles. The molecule has 0 bridgehead atoms. The van der Waals surface area contributed by atoms with Crippen LogP contribution < -0.4 is 5.32 Å². The topological polar surface area (TPSA) is 39.1 Å². The minimum atomic E-state index is -0.170. The van der Waals surface area contributed by atoms with Crippen LogP contribution in [0.1, 0.15) is 58.8 Å². The van der Waals surface area contributed by atoms with Crippen molar-refractivity contribution in [2.45, 2.75) is 64.3 Å². The van der Waals surface area contributed by atoms with Crippen molar-refractivity contribution in [3.63, 3.8) is 0 Å². The quantitative estimate of drug-likeness (QED) is 0.272. The molecule has 2 saturated carbocycles. The van der Waals surface area contributed by atoms with Gasteiger partial charge in [0, 0.05) is 14.1 Å². The molecule has 0 spiro atoms. The molecule has 3 heteroatoms. The Bertz CT molecular complexity index is 456. The van der Waals surface area contributed by atoms with E-state index in [1.807, 2.05) is 19.0 Å². The summed E-state index contributed by atoms with van der Waals surface area (Å²) in [5.41, 5.74) is 1.35. The van der Waals surface area contributed by atoms with E-state index in [-0.39, 0.29) is 5.54 Å². The summed E-state index contributed by atoms with van der Waals surface area (Å²) in [6.45, 7) is 5.34. The van der Waals surface area contributed by atoms with E-state index < -0.39 is 0 Å². The maximum atomic E-state index is 8.41. The van der Waals surface area contributed by atoms with E-state index in [4.69, 9.17) is 5.41 Å². The molecule has 23 heavy (non-hydrogen) atoms. The van der Waals surface area contributed by atoms with Gasteiger partial charge >= 0.3 is 0 Å². The van der Waals surface area contributed by atoms with Crippen LogP contribution in [0.3, 0.4) is 0 Å². The predicted octanol–water partition coefficient (Wildman–Crippen LogP) is 4.37. The van der Waals surface area contributed by atoms with Crippen molar-refractivity contribution in [3.8, 4) is 0 Å². The van der Waals surface area contributed by atoms with Crippen LogP contribution in [0, 0.1) is 17.2 Å². The zero-order valence-corrected chi connectivity index (χ0v) is 15.5. The van der Waals surface area contributed by atoms with Gasteiger partial charge in [0.1, 0.15) is 5.84 Å². The first-order chi connectivity index (χ1) is 11.0. The molecule has 1 atom stereocenters. The van der Waals surface area contributed by atoms with E-state index in [0.717, 1.165) is 37.6 Å². The third kappa shape index (κ3) is 5.80. The number of allylic oxidation sites excluding steroid dienone is 4. The Morgan fingerprint density at radius 1 is 1.26 bits per heavy atom. The molecule has 0 aliphatic heterocycles. The Labute approximate surface area is 142 Å². The van der Waals surface area contributed by atoms with Crippen molar-refractivity contribution in [2.75, 3.05) is 20.6 Å². The van der Waals surface area contributed by atoms with Crippen molar-refractivity contribution in [2.24, 2.45) is 11.8 Å². The summed E-state index contributed by atoms with van der Waals surface area (Å²) in [7, 11) is 3.96. The molecule has 0 heterocycles. The van der Waals surface area contributed by atoms with Gasteiger partial charge in [0.2, 0.25) is 0 Å². The Kier molecular flexibility index (Phi) is 6.46. The summed E-state index contributed by atoms with van der Waals surface area (Å²) in [6, 6.07) is 0. The Morgan fingerprint density at radius 3 is 2.48 bits per heavy atom. The van der Waals surface area contributed by atoms with E-state index in [2.05, 4.69) is 37.4 Å². The second-order valence-corrected chi connectivity index (χ2v) is 7.76. The molecule has 1 unspecified atom stereocenters. The minimum absolute atomic E-state index is 0.170. The average Bonchev–Trinajstić information content (AvgIpc) is 3.39. The lowest BCUT2D eigenvalue weighted by molar-refractivity contribution is 0.374. The second-order valence-electron chi connectivity index (χ2n) is 7.76. The first-order valence-electron chi connectivity index (χ1n) is 9.30. The number of nitrogens with zero attached hydrogens (tertiary/aromatic N) is 1. The van der Waals surface area contributed by atoms with Crippen molar-refractivity contribution in [1.29, 1.82) is 5.41 Å². The van der Waals surface area contributed by atoms with Crippen LogP contribution >= 0.6 is 0 Å². The third-order valence-electron chi connectivity index (χ3n) is 5.12. The summed E-state index contributed by atoms with van der Waals surface area (Å²) in [5, 5.41) is 12.1. The Balaban J connectivity index is 1.73. The predicted molar refractivity (Wildman–Crippen MR) is 100 cm³/mol. The SMILES string of the molecule is C/C=C(\C=C/CCCNC(C)(CC1CC1)C(=N)N(C)C)C1CC1. The minimum Gasteiger partial charge on any atom is -0.365 e. The summed E-state index contributed by atoms with van der Waals surface area (Å²) >= 11 is 0. The number of likely N-dealkylation sites (N-methyl/N-ethyl adjacent to an activating group) is 1. The summed E-state index contributed by atoms with van der Waals surface area (Å²) in [6.07, 6.45) is 15.7. The van der Waals surface area contributed by atoms with E-state index in [1.165, 1.54) is 31.3 Å². The van der Waals surface area contributed by atoms with E-state index in [9.17, 15) is 0 Å². The smallest absolute Gasteiger partial charge is 0.116 e. The molecule has 3 nitrogen and oxygen atoms in total. The van der Waals surface area contributed by atoms with Gasteiger partial charge in [0.25, 0.3) is 0 Å². The number of nitrogens with one attached hydrogen (secondary N) is 2. The lowest BCUT2D eigenvalue weighted by atomic mass is 9.92. The fraction of sp³-hybridized carbons (Fsp3) is 0.750. The van der Waals surface area contributed by atoms with Crippen LogP contribution in [0.15, 0.2) is 23.8 Å². The number of unbranched alkanes of at least 4 members (excludes halogenated alkanes) is 1. The Morgan fingerprint density at radius 2 is 1.96 bits per heavy atom. The number of hydrogen-bond donors (Lipinski definition) is 2. The first-order valence-corrected chi connectivity index (χ1v) is 9.30. The first kappa shape index (κ1) is 18.3. The van der Waals surface area contributed by atoms with Crippen molar-refractivity contribution in [3.05, 3.63) is 23.8 Å². The van der Waals surface area contributed by atoms with Gasteiger partial charge < -0.3 is 10.2 Å². The van der Waals surface area contributed by atoms with E-state index in [0.29, 0.717) is 5.84 Å². The van der Waals surface area contributed by atoms with Crippen LogP contribution in [-0.2, 0) is 0 Å². The monoisotopic (exact) mass is 317 g/mol. The summed E-state index contributed by atoms with van der Waals surface area (Å²) < 4.78 is 0. The Hall–Kier alpha value is -1.09. The van der Waals surface area contributed by atoms with Crippen molar-refractivity contribution in [1.82, 2.24) is 10.2 Å². The molecule has 2 aliphatic rings. The highest BCUT2D eigenvalue weighted by atomic mass is 15.2. The fourth-order valence-electron chi connectivity index (χ4n) is 3.33. The second kappa shape index (κ2) is 8.14. The van der Waals surface area contributed by atoms with Crippen molar-refractivity contribution >= 4 is 5.84 Å². The summed E-state index contributed by atoms with van der Waals surface area (Å²) in [5.74, 6) is 2.38. The number of rotatable bonds is 10. The van der Waals surface area contributed by atoms with Gasteiger partial charge in [-0.2, -0.15) is 0 Å². The molecular formula is C20H35N3. The fourth-order valence-corrected chi connectivity index (χ4v) is 3.33. The third-order valence-corrected chi connectivity index (χ3v) is 5.12. The van der Waals surface area contributed by atoms with Crippen LogP contribution in [0.5, 0.6) is 0 Å². The van der Waals surface area contributed by atoms with Gasteiger partial charge in [-0.05, 0) is 69.9 Å². The summed E-state index contributed by atoms with van der Waals surface area (Å²) in [4.78, 5) is 1.95. The standard InChI is InChI=1S/C20H35N3/c1-5-17(18-12-13-18)9-7-6-8-14-22-20(2,15-16-10-11-16)19(21)23(3)4/h5,7,9,16,18,21-22H,6,8,10-15H2,1-4H3/b9-7-,17-5+,21-19?. The lowest BCUT2D eigenvalue weighted by Gasteiger charge is -2.35. The largest absolute Gasteiger partial charge is 0.365 e. The lowest BCUT2D eigenvalue weighted by Crippen LogP contribution is -2.54. The normalized spacial score (nSPS) is 21.5. The van der Waals surface area contributed by atoms with Gasteiger partial charge in [-0.25, -0.2) is 0 Å². The van der Waals surface area contributed by atoms with Gasteiger partial charge in [-0.15, -0.1) is 0 Å². The number of hydrogen-bond acceptors (Lipinski definition) is 2. The molecule has 0 aromatic rings. The van der Waals surface area contributed by atoms with Crippen LogP contribution in [0.2, 0.25) is 0 Å². The molecule has 0 saturated heterocycles. The average molecular weight is 318 g/mol. The van der Waals surface area contributed by atoms with Gasteiger partial charge in [-0.3, -0.25) is 5.41 Å². The molecule has 2 aliphatic carbocycles. The molecule has 0 aromatic carbocycles. The van der Waals surface area contributed by atoms with E-state index >= 15 is 0 Å². The molecule has 0 amide bonds. The maximum absolute atomic E-state index is 8.41. The molecule has 2 rings (SSSR count). The molecule has 2 N–H and O–H groups in total. The van der Waals surface area contributed by atoms with Crippen LogP contribution in [0.25, 0.3) is 0 Å². The highest BCUT2D eigenvalue weighted by Gasteiger charge is 2.37. The number of amidine groups is 1. The van der Waals surface area contributed by atoms with E-state index in [1.54, 1.807) is 0 Å². The van der Waals surface area contributed by atoms with Crippen LogP contribution in [-0.4, -0.2) is 36.9 Å². The highest BCUT2D eigenvalue weighted by molar-refractivity contribution is 5.88. The molecular weight excluding hydrogens is 282 g/mol. The van der Waals surface area contributed by atoms with Gasteiger partial charge in [-0.1, -0.05) is 31.1 Å². The van der Waals surface area contributed by atoms with Crippen molar-refractivity contribution < 1.29 is 0 Å². The molecule has 0 radical (unpaired) electrons. The van der Waals surface area contributed by atoms with Gasteiger partial charge in [0.15, 0.2) is 0 Å².